The fraction of sp³-hybridized carbons (Fsp3) is 0.100. The van der Waals surface area contributed by atoms with Gasteiger partial charge < -0.3 is 5.11 Å². The van der Waals surface area contributed by atoms with Crippen molar-refractivity contribution < 1.29 is 14.3 Å². The van der Waals surface area contributed by atoms with Gasteiger partial charge in [-0.25, -0.2) is 9.18 Å². The predicted octanol–water partition coefficient (Wildman–Crippen LogP) is 6.25. The summed E-state index contributed by atoms with van der Waals surface area (Å²) in [6.45, 7) is 2.65. The summed E-state index contributed by atoms with van der Waals surface area (Å²) in [4.78, 5) is 12.8. The summed E-state index contributed by atoms with van der Waals surface area (Å²) in [6.07, 6.45) is 3.48. The quantitative estimate of drug-likeness (QED) is 0.356. The molecule has 0 bridgehead atoms. The summed E-state index contributed by atoms with van der Waals surface area (Å²) in [5, 5.41) is 14.2. The van der Waals surface area contributed by atoms with E-state index in [1.54, 1.807) is 33.6 Å². The Balaban J connectivity index is 1.93. The highest BCUT2D eigenvalue weighted by Gasteiger charge is 2.23. The van der Waals surface area contributed by atoms with Gasteiger partial charge in [0.05, 0.1) is 32.9 Å². The van der Waals surface area contributed by atoms with Gasteiger partial charge in [0.25, 0.3) is 0 Å². The summed E-state index contributed by atoms with van der Waals surface area (Å²) < 4.78 is 19.2. The van der Waals surface area contributed by atoms with Crippen LogP contribution >= 0.6 is 39.3 Å². The zero-order valence-corrected chi connectivity index (χ0v) is 18.2. The number of nitrogens with zero attached hydrogens (tertiary/aromatic N) is 3. The van der Waals surface area contributed by atoms with Crippen LogP contribution < -0.4 is 0 Å². The van der Waals surface area contributed by atoms with Crippen molar-refractivity contribution in [3.63, 3.8) is 0 Å². The number of rotatable bonds is 5. The second-order valence-electron chi connectivity index (χ2n) is 6.20. The molecule has 29 heavy (non-hydrogen) atoms. The number of benzene rings is 2. The van der Waals surface area contributed by atoms with Gasteiger partial charge in [-0.3, -0.25) is 9.25 Å². The Labute approximate surface area is 183 Å². The first-order valence-electron chi connectivity index (χ1n) is 8.62. The lowest BCUT2D eigenvalue weighted by molar-refractivity contribution is 0.0696. The van der Waals surface area contributed by atoms with E-state index in [0.717, 1.165) is 9.79 Å². The van der Waals surface area contributed by atoms with E-state index >= 15 is 4.39 Å². The maximum atomic E-state index is 15.0. The number of aromatic nitrogens is 3. The van der Waals surface area contributed by atoms with Crippen LogP contribution in [-0.2, 0) is 6.54 Å². The molecule has 1 N–H and O–H groups in total. The van der Waals surface area contributed by atoms with E-state index in [0.29, 0.717) is 27.7 Å². The summed E-state index contributed by atoms with van der Waals surface area (Å²) in [5.41, 5.74) is 1.21. The Bertz CT molecular complexity index is 1250. The smallest absolute Gasteiger partial charge is 0.335 e. The maximum absolute atomic E-state index is 15.0. The van der Waals surface area contributed by atoms with Gasteiger partial charge in [-0.2, -0.15) is 5.10 Å². The maximum Gasteiger partial charge on any atom is 0.335 e. The molecule has 4 aromatic rings. The third kappa shape index (κ3) is 3.56. The van der Waals surface area contributed by atoms with Crippen LogP contribution in [-0.4, -0.2) is 25.4 Å². The van der Waals surface area contributed by atoms with Crippen molar-refractivity contribution >= 4 is 56.2 Å². The molecule has 0 aliphatic heterocycles. The molecule has 0 saturated carbocycles. The van der Waals surface area contributed by atoms with Gasteiger partial charge in [0.1, 0.15) is 4.60 Å². The van der Waals surface area contributed by atoms with Crippen LogP contribution in [0.15, 0.2) is 63.2 Å². The van der Waals surface area contributed by atoms with E-state index in [2.05, 4.69) is 21.0 Å². The van der Waals surface area contributed by atoms with E-state index < -0.39 is 11.8 Å². The predicted molar refractivity (Wildman–Crippen MR) is 115 cm³/mol. The Kier molecular flexibility index (Phi) is 5.42. The lowest BCUT2D eigenvalue weighted by Crippen LogP contribution is -1.96. The third-order valence-electron chi connectivity index (χ3n) is 4.42. The normalized spacial score (nSPS) is 11.3. The van der Waals surface area contributed by atoms with Gasteiger partial charge in [-0.15, -0.1) is 0 Å². The van der Waals surface area contributed by atoms with E-state index in [-0.39, 0.29) is 10.6 Å². The number of fused-ring (bicyclic) bond motifs is 1. The minimum Gasteiger partial charge on any atom is -0.478 e. The molecule has 0 amide bonds. The van der Waals surface area contributed by atoms with Gasteiger partial charge in [0, 0.05) is 23.0 Å². The average Bonchev–Trinajstić information content (AvgIpc) is 3.28. The van der Waals surface area contributed by atoms with Crippen LogP contribution in [0.1, 0.15) is 17.3 Å². The number of carbonyl (C=O) groups is 1. The minimum atomic E-state index is -1.00. The fourth-order valence-corrected chi connectivity index (χ4v) is 5.05. The Hall–Kier alpha value is -2.29. The van der Waals surface area contributed by atoms with Gasteiger partial charge in [0.2, 0.25) is 0 Å². The average molecular weight is 495 g/mol. The van der Waals surface area contributed by atoms with E-state index in [9.17, 15) is 9.90 Å². The molecule has 5 nitrogen and oxygen atoms in total. The van der Waals surface area contributed by atoms with Crippen molar-refractivity contribution in [3.8, 4) is 5.69 Å². The summed E-state index contributed by atoms with van der Waals surface area (Å²) in [7, 11) is 0. The fourth-order valence-electron chi connectivity index (χ4n) is 3.04. The Morgan fingerprint density at radius 2 is 2.14 bits per heavy atom. The van der Waals surface area contributed by atoms with Crippen LogP contribution in [0, 0.1) is 5.82 Å². The lowest BCUT2D eigenvalue weighted by atomic mass is 10.2. The van der Waals surface area contributed by atoms with Gasteiger partial charge in [0.15, 0.2) is 5.82 Å². The molecule has 9 heteroatoms. The molecular formula is C20H14BrClFN3O2S. The second kappa shape index (κ2) is 7.85. The van der Waals surface area contributed by atoms with Gasteiger partial charge in [-0.1, -0.05) is 29.4 Å². The Morgan fingerprint density at radius 1 is 1.34 bits per heavy atom. The molecule has 148 valence electrons. The van der Waals surface area contributed by atoms with E-state index in [1.807, 2.05) is 19.2 Å². The summed E-state index contributed by atoms with van der Waals surface area (Å²) >= 11 is 11.0. The number of carboxylic acids is 1. The zero-order valence-electron chi connectivity index (χ0n) is 15.1. The first-order chi connectivity index (χ1) is 13.9. The molecule has 2 heterocycles. The molecular weight excluding hydrogens is 481 g/mol. The number of carboxylic acid groups (broad SMARTS) is 1. The molecule has 0 aliphatic carbocycles. The zero-order chi connectivity index (χ0) is 20.7. The summed E-state index contributed by atoms with van der Waals surface area (Å²) in [6, 6.07) is 9.89. The van der Waals surface area contributed by atoms with E-state index in [4.69, 9.17) is 11.6 Å². The number of aryl methyl sites for hydroxylation is 1. The Morgan fingerprint density at radius 3 is 2.83 bits per heavy atom. The van der Waals surface area contributed by atoms with Crippen molar-refractivity contribution in [1.82, 2.24) is 14.3 Å². The SMILES string of the molecule is CCn1cc(-n2c(Br)c(Sc3cccc(C(=O)O)c3)c3ccc(Cl)c(F)c32)cn1. The van der Waals surface area contributed by atoms with Gasteiger partial charge in [-0.05, 0) is 53.2 Å². The molecule has 0 radical (unpaired) electrons. The van der Waals surface area contributed by atoms with Crippen LogP contribution in [0.25, 0.3) is 16.6 Å². The monoisotopic (exact) mass is 493 g/mol. The van der Waals surface area contributed by atoms with Crippen molar-refractivity contribution in [2.45, 2.75) is 23.3 Å². The topological polar surface area (TPSA) is 60.0 Å². The molecule has 0 saturated heterocycles. The number of aromatic carboxylic acids is 1. The van der Waals surface area contributed by atoms with Crippen molar-refractivity contribution in [2.24, 2.45) is 0 Å². The lowest BCUT2D eigenvalue weighted by Gasteiger charge is -2.06. The molecule has 0 unspecified atom stereocenters. The molecule has 2 aromatic carbocycles. The first kappa shape index (κ1) is 20.0. The summed E-state index contributed by atoms with van der Waals surface area (Å²) in [5.74, 6) is -1.53. The van der Waals surface area contributed by atoms with Gasteiger partial charge >= 0.3 is 5.97 Å². The molecule has 0 fully saturated rings. The highest BCUT2D eigenvalue weighted by molar-refractivity contribution is 9.10. The van der Waals surface area contributed by atoms with E-state index in [1.165, 1.54) is 23.9 Å². The molecule has 0 spiro atoms. The number of halogens is 3. The standard InChI is InChI=1S/C20H14BrClFN3O2S/c1-2-25-10-12(9-24-25)26-17-14(6-7-15(22)16(17)23)18(19(26)21)29-13-5-3-4-11(8-13)20(27)28/h3-10H,2H2,1H3,(H,27,28). The third-order valence-corrected chi connectivity index (χ3v) is 6.84. The molecule has 2 aromatic heterocycles. The second-order valence-corrected chi connectivity index (χ2v) is 8.44. The number of hydrogen-bond acceptors (Lipinski definition) is 3. The number of hydrogen-bond donors (Lipinski definition) is 1. The van der Waals surface area contributed by atoms with Crippen LogP contribution in [0.3, 0.4) is 0 Å². The van der Waals surface area contributed by atoms with Crippen LogP contribution in [0.5, 0.6) is 0 Å². The molecule has 4 rings (SSSR count). The highest BCUT2D eigenvalue weighted by atomic mass is 79.9. The van der Waals surface area contributed by atoms with Crippen LogP contribution in [0.4, 0.5) is 4.39 Å². The first-order valence-corrected chi connectivity index (χ1v) is 10.6. The van der Waals surface area contributed by atoms with Crippen LogP contribution in [0.2, 0.25) is 5.02 Å². The van der Waals surface area contributed by atoms with Crippen molar-refractivity contribution in [3.05, 3.63) is 69.8 Å². The minimum absolute atomic E-state index is 0.0241. The van der Waals surface area contributed by atoms with Crippen molar-refractivity contribution in [2.75, 3.05) is 0 Å². The molecule has 0 atom stereocenters. The highest BCUT2D eigenvalue weighted by Crippen LogP contribution is 2.44. The van der Waals surface area contributed by atoms with Crippen molar-refractivity contribution in [1.29, 1.82) is 0 Å². The molecule has 0 aliphatic rings. The largest absolute Gasteiger partial charge is 0.478 e.